The van der Waals surface area contributed by atoms with Crippen LogP contribution in [0.3, 0.4) is 0 Å². The summed E-state index contributed by atoms with van der Waals surface area (Å²) in [7, 11) is -5.32. The van der Waals surface area contributed by atoms with E-state index in [0.29, 0.717) is 12.8 Å². The topological polar surface area (TPSA) is 129 Å². The Morgan fingerprint density at radius 3 is 1.54 bits per heavy atom. The molecule has 2 atom stereocenters. The number of carbonyl (C=O) groups is 2. The number of hydrogen-bond acceptors (Lipinski definition) is 4. The van der Waals surface area contributed by atoms with E-state index in [1.54, 1.807) is 27.7 Å². The normalized spacial score (nSPS) is 14.9. The van der Waals surface area contributed by atoms with Crippen molar-refractivity contribution in [3.8, 4) is 0 Å². The molecular formula is C26H35NaO7S. The van der Waals surface area contributed by atoms with Gasteiger partial charge in [-0.25, -0.2) is 0 Å². The first kappa shape index (κ1) is 31.3. The third kappa shape index (κ3) is 8.15. The average molecular weight is 515 g/mol. The van der Waals surface area contributed by atoms with Crippen molar-refractivity contribution in [2.45, 2.75) is 58.1 Å². The van der Waals surface area contributed by atoms with Gasteiger partial charge in [0.05, 0.1) is 5.92 Å². The first-order chi connectivity index (χ1) is 15.6. The van der Waals surface area contributed by atoms with Crippen LogP contribution in [-0.4, -0.2) is 69.4 Å². The molecule has 0 aliphatic carbocycles. The van der Waals surface area contributed by atoms with E-state index in [0.717, 1.165) is 11.1 Å². The molecule has 0 radical (unpaired) electrons. The van der Waals surface area contributed by atoms with E-state index in [1.165, 1.54) is 0 Å². The molecule has 2 rings (SSSR count). The van der Waals surface area contributed by atoms with E-state index in [2.05, 4.69) is 0 Å². The molecule has 2 unspecified atom stereocenters. The molecule has 35 heavy (non-hydrogen) atoms. The van der Waals surface area contributed by atoms with Gasteiger partial charge in [0.25, 0.3) is 10.1 Å². The number of carboxylic acids is 2. The fourth-order valence-electron chi connectivity index (χ4n) is 4.88. The van der Waals surface area contributed by atoms with Crippen molar-refractivity contribution in [2.75, 3.05) is 0 Å². The Morgan fingerprint density at radius 1 is 0.800 bits per heavy atom. The van der Waals surface area contributed by atoms with Crippen LogP contribution in [0.15, 0.2) is 60.7 Å². The summed E-state index contributed by atoms with van der Waals surface area (Å²) in [6.07, 6.45) is -0.115. The zero-order chi connectivity index (χ0) is 25.8. The second-order valence-corrected chi connectivity index (χ2v) is 12.3. The summed E-state index contributed by atoms with van der Waals surface area (Å²) in [4.78, 5) is 25.0. The van der Waals surface area contributed by atoms with Gasteiger partial charge in [-0.3, -0.25) is 14.1 Å². The second kappa shape index (κ2) is 12.0. The summed E-state index contributed by atoms with van der Waals surface area (Å²) in [5.41, 5.74) is 0.0406. The molecule has 0 aromatic heterocycles. The van der Waals surface area contributed by atoms with Crippen molar-refractivity contribution >= 4 is 51.6 Å². The summed E-state index contributed by atoms with van der Waals surface area (Å²) >= 11 is 0. The molecule has 188 valence electrons. The van der Waals surface area contributed by atoms with E-state index >= 15 is 0 Å². The first-order valence-corrected chi connectivity index (χ1v) is 12.5. The zero-order valence-corrected chi connectivity index (χ0v) is 20.9. The van der Waals surface area contributed by atoms with Crippen molar-refractivity contribution in [3.05, 3.63) is 71.8 Å². The van der Waals surface area contributed by atoms with Gasteiger partial charge in [-0.15, -0.1) is 0 Å². The van der Waals surface area contributed by atoms with Crippen LogP contribution in [0.2, 0.25) is 0 Å². The monoisotopic (exact) mass is 514 g/mol. The third-order valence-corrected chi connectivity index (χ3v) is 7.76. The Labute approximate surface area is 230 Å². The van der Waals surface area contributed by atoms with Crippen molar-refractivity contribution < 1.29 is 32.8 Å². The molecule has 0 bridgehead atoms. The van der Waals surface area contributed by atoms with Crippen molar-refractivity contribution in [1.29, 1.82) is 0 Å². The van der Waals surface area contributed by atoms with Crippen molar-refractivity contribution in [1.82, 2.24) is 0 Å². The van der Waals surface area contributed by atoms with Gasteiger partial charge in [0, 0.05) is 0 Å². The van der Waals surface area contributed by atoms with Gasteiger partial charge in [-0.2, -0.15) is 8.42 Å². The molecule has 0 aliphatic heterocycles. The summed E-state index contributed by atoms with van der Waals surface area (Å²) in [5, 5.41) is 20.3. The summed E-state index contributed by atoms with van der Waals surface area (Å²) in [6.45, 7) is 6.89. The molecule has 3 N–H and O–H groups in total. The van der Waals surface area contributed by atoms with Crippen LogP contribution in [0.5, 0.6) is 0 Å². The third-order valence-electron chi connectivity index (χ3n) is 6.23. The van der Waals surface area contributed by atoms with Gasteiger partial charge in [-0.1, -0.05) is 88.4 Å². The van der Waals surface area contributed by atoms with Gasteiger partial charge in [0.2, 0.25) is 4.75 Å². The molecule has 2 aromatic carbocycles. The van der Waals surface area contributed by atoms with Gasteiger partial charge in [-0.05, 0) is 47.6 Å². The number of rotatable bonds is 12. The molecule has 0 saturated carbocycles. The van der Waals surface area contributed by atoms with Crippen LogP contribution in [0.4, 0.5) is 0 Å². The first-order valence-electron chi connectivity index (χ1n) is 11.1. The quantitative estimate of drug-likeness (QED) is 0.288. The summed E-state index contributed by atoms with van der Waals surface area (Å²) in [5.74, 6) is -5.30. The molecule has 0 fully saturated rings. The Hall–Kier alpha value is -1.71. The Morgan fingerprint density at radius 2 is 1.20 bits per heavy atom. The molecule has 0 heterocycles. The van der Waals surface area contributed by atoms with Gasteiger partial charge < -0.3 is 10.2 Å². The number of aliphatic carboxylic acids is 2. The Balaban J connectivity index is 0.00000612. The SMILES string of the molecule is CC(C)(Cc1ccccc1)CC(C(=O)O)C(CC(C)(C)Cc1ccccc1)(C(=O)O)S(=O)(=O)O.[NaH]. The second-order valence-electron chi connectivity index (χ2n) is 10.6. The van der Waals surface area contributed by atoms with Crippen LogP contribution in [0.25, 0.3) is 0 Å². The Kier molecular flexibility index (Phi) is 10.8. The van der Waals surface area contributed by atoms with E-state index in [1.807, 2.05) is 60.7 Å². The predicted octanol–water partition coefficient (Wildman–Crippen LogP) is 4.07. The molecular weight excluding hydrogens is 479 g/mol. The van der Waals surface area contributed by atoms with Crippen molar-refractivity contribution in [3.63, 3.8) is 0 Å². The minimum absolute atomic E-state index is 0. The van der Waals surface area contributed by atoms with E-state index in [4.69, 9.17) is 0 Å². The summed E-state index contributed by atoms with van der Waals surface area (Å²) in [6, 6.07) is 18.4. The maximum atomic E-state index is 12.7. The van der Waals surface area contributed by atoms with Gasteiger partial charge in [0.15, 0.2) is 0 Å². The van der Waals surface area contributed by atoms with Gasteiger partial charge >= 0.3 is 41.5 Å². The molecule has 2 aromatic rings. The van der Waals surface area contributed by atoms with Crippen LogP contribution in [0, 0.1) is 16.7 Å². The fraction of sp³-hybridized carbons (Fsp3) is 0.462. The zero-order valence-electron chi connectivity index (χ0n) is 20.1. The number of benzene rings is 2. The summed E-state index contributed by atoms with van der Waals surface area (Å²) < 4.78 is 32.8. The molecule has 0 amide bonds. The molecule has 9 heteroatoms. The fourth-order valence-corrected chi connectivity index (χ4v) is 6.21. The average Bonchev–Trinajstić information content (AvgIpc) is 2.70. The van der Waals surface area contributed by atoms with E-state index in [-0.39, 0.29) is 36.0 Å². The van der Waals surface area contributed by atoms with Gasteiger partial charge in [0.1, 0.15) is 0 Å². The number of hydrogen-bond donors (Lipinski definition) is 3. The van der Waals surface area contributed by atoms with Crippen LogP contribution < -0.4 is 0 Å². The van der Waals surface area contributed by atoms with Crippen LogP contribution in [0.1, 0.15) is 51.7 Å². The van der Waals surface area contributed by atoms with E-state index in [9.17, 15) is 32.8 Å². The molecule has 0 saturated heterocycles. The maximum absolute atomic E-state index is 12.7. The van der Waals surface area contributed by atoms with Crippen LogP contribution >= 0.6 is 0 Å². The van der Waals surface area contributed by atoms with E-state index < -0.39 is 50.0 Å². The van der Waals surface area contributed by atoms with Crippen LogP contribution in [-0.2, 0) is 32.5 Å². The van der Waals surface area contributed by atoms with Crippen molar-refractivity contribution in [2.24, 2.45) is 16.7 Å². The number of carboxylic acid groups (broad SMARTS) is 2. The predicted molar refractivity (Wildman–Crippen MR) is 137 cm³/mol. The molecule has 7 nitrogen and oxygen atoms in total. The minimum atomic E-state index is -5.32. The molecule has 0 spiro atoms. The Bertz CT molecular complexity index is 1100. The molecule has 0 aliphatic rings. The standard InChI is InChI=1S/C26H34O7S.Na.H/c1-24(2,15-19-11-7-5-8-12-19)17-21(22(27)28)26(23(29)30,34(31,32)33)18-25(3,4)16-20-13-9-6-10-14-20;;/h5-14,21H,15-18H2,1-4H3,(H,27,28)(H,29,30)(H,31,32,33);;.